The third-order valence-corrected chi connectivity index (χ3v) is 4.24. The number of fused-ring (bicyclic) bond motifs is 1. The quantitative estimate of drug-likeness (QED) is 0.568. The van der Waals surface area contributed by atoms with Crippen LogP contribution in [0.5, 0.6) is 0 Å². The lowest BCUT2D eigenvalue weighted by atomic mass is 10.0. The highest BCUT2D eigenvalue weighted by Crippen LogP contribution is 2.40. The minimum atomic E-state index is -4.41. The number of rotatable bonds is 2. The second kappa shape index (κ2) is 5.53. The Morgan fingerprint density at radius 3 is 2.25 bits per heavy atom. The Labute approximate surface area is 143 Å². The summed E-state index contributed by atoms with van der Waals surface area (Å²) in [6, 6.07) is 12.1. The average Bonchev–Trinajstić information content (AvgIpc) is 2.88. The zero-order valence-electron chi connectivity index (χ0n) is 13.5. The molecule has 0 radical (unpaired) electrons. The van der Waals surface area contributed by atoms with Gasteiger partial charge in [0, 0.05) is 22.0 Å². The van der Waals surface area contributed by atoms with Crippen LogP contribution >= 0.6 is 11.6 Å². The molecule has 1 heterocycles. The van der Waals surface area contributed by atoms with Crippen molar-refractivity contribution in [2.45, 2.75) is 6.18 Å². The molecule has 3 aromatic rings. The van der Waals surface area contributed by atoms with Crippen LogP contribution in [0.25, 0.3) is 22.0 Å². The van der Waals surface area contributed by atoms with Gasteiger partial charge in [-0.15, -0.1) is 0 Å². The molecule has 0 aliphatic carbocycles. The van der Waals surface area contributed by atoms with Crippen LogP contribution in [0.1, 0.15) is 5.69 Å². The Hall–Kier alpha value is -1.98. The summed E-state index contributed by atoms with van der Waals surface area (Å²) >= 11 is 6.38. The van der Waals surface area contributed by atoms with Crippen molar-refractivity contribution in [2.75, 3.05) is 21.1 Å². The Morgan fingerprint density at radius 1 is 0.958 bits per heavy atom. The summed E-state index contributed by atoms with van der Waals surface area (Å²) in [6.07, 6.45) is -4.41. The Kier molecular flexibility index (Phi) is 3.89. The summed E-state index contributed by atoms with van der Waals surface area (Å²) in [4.78, 5) is 2.39. The summed E-state index contributed by atoms with van der Waals surface area (Å²) in [5.41, 5.74) is 2.27. The van der Waals surface area contributed by atoms with Gasteiger partial charge in [-0.2, -0.15) is 13.2 Å². The fraction of sp³-hybridized carbons (Fsp3) is 0.222. The predicted octanol–water partition coefficient (Wildman–Crippen LogP) is 5.70. The molecular formula is C18H17ClF3N2+. The van der Waals surface area contributed by atoms with Gasteiger partial charge in [-0.1, -0.05) is 23.7 Å². The molecule has 1 aromatic heterocycles. The number of aromatic amines is 1. The fourth-order valence-corrected chi connectivity index (χ4v) is 3.07. The number of quaternary nitrogens is 1. The van der Waals surface area contributed by atoms with E-state index in [0.717, 1.165) is 22.9 Å². The molecule has 0 fully saturated rings. The Bertz CT molecular complexity index is 905. The number of hydrogen-bond acceptors (Lipinski definition) is 0. The van der Waals surface area contributed by atoms with Crippen molar-refractivity contribution in [1.29, 1.82) is 0 Å². The molecule has 0 bridgehead atoms. The van der Waals surface area contributed by atoms with E-state index >= 15 is 0 Å². The molecule has 0 aliphatic heterocycles. The van der Waals surface area contributed by atoms with Crippen molar-refractivity contribution in [3.63, 3.8) is 0 Å². The van der Waals surface area contributed by atoms with Crippen LogP contribution in [-0.2, 0) is 6.18 Å². The second-order valence-electron chi connectivity index (χ2n) is 6.63. The van der Waals surface area contributed by atoms with Crippen molar-refractivity contribution in [2.24, 2.45) is 0 Å². The third-order valence-electron chi connectivity index (χ3n) is 3.93. The number of benzene rings is 2. The largest absolute Gasteiger partial charge is 0.431 e. The molecule has 0 saturated carbocycles. The molecule has 3 rings (SSSR count). The van der Waals surface area contributed by atoms with E-state index < -0.39 is 11.9 Å². The van der Waals surface area contributed by atoms with Gasteiger partial charge in [-0.25, -0.2) is 0 Å². The molecule has 0 saturated heterocycles. The first kappa shape index (κ1) is 16.9. The SMILES string of the molecule is C[N+](C)(C)c1ccccc1-c1cc2cc(C(F)(F)F)[nH]c2cc1Cl. The van der Waals surface area contributed by atoms with Crippen molar-refractivity contribution >= 4 is 28.2 Å². The molecule has 2 aromatic carbocycles. The number of aromatic nitrogens is 1. The molecule has 0 unspecified atom stereocenters. The zero-order valence-corrected chi connectivity index (χ0v) is 14.3. The van der Waals surface area contributed by atoms with Gasteiger partial charge in [0.15, 0.2) is 0 Å². The number of halogens is 4. The first-order chi connectivity index (χ1) is 11.1. The van der Waals surface area contributed by atoms with Gasteiger partial charge in [-0.05, 0) is 30.3 Å². The molecule has 0 aliphatic rings. The first-order valence-corrected chi connectivity index (χ1v) is 7.76. The topological polar surface area (TPSA) is 15.8 Å². The van der Waals surface area contributed by atoms with Crippen LogP contribution < -0.4 is 4.48 Å². The van der Waals surface area contributed by atoms with E-state index in [1.54, 1.807) is 12.1 Å². The van der Waals surface area contributed by atoms with E-state index in [1.807, 2.05) is 45.4 Å². The standard InChI is InChI=1S/C18H17ClF3N2/c1-24(2,3)16-7-5-4-6-12(16)13-8-11-9-17(18(20,21)22)23-15(11)10-14(13)19/h4-10,23H,1-3H3/q+1. The van der Waals surface area contributed by atoms with Crippen molar-refractivity contribution in [3.8, 4) is 11.1 Å². The minimum absolute atomic E-state index is 0.374. The van der Waals surface area contributed by atoms with Gasteiger partial charge in [0.2, 0.25) is 0 Å². The molecule has 0 amide bonds. The number of nitrogens with zero attached hydrogens (tertiary/aromatic N) is 1. The summed E-state index contributed by atoms with van der Waals surface area (Å²) in [7, 11) is 6.09. The molecule has 126 valence electrons. The normalized spacial score (nSPS) is 12.8. The molecule has 0 atom stereocenters. The van der Waals surface area contributed by atoms with Gasteiger partial charge in [0.25, 0.3) is 0 Å². The van der Waals surface area contributed by atoms with Crippen molar-refractivity contribution < 1.29 is 13.2 Å². The van der Waals surface area contributed by atoms with Gasteiger partial charge < -0.3 is 4.98 Å². The lowest BCUT2D eigenvalue weighted by Gasteiger charge is -2.26. The van der Waals surface area contributed by atoms with Crippen LogP contribution in [0.4, 0.5) is 18.9 Å². The van der Waals surface area contributed by atoms with Crippen LogP contribution in [0.15, 0.2) is 42.5 Å². The number of nitrogens with one attached hydrogen (secondary N) is 1. The Morgan fingerprint density at radius 2 is 1.62 bits per heavy atom. The van der Waals surface area contributed by atoms with Gasteiger partial charge in [-0.3, -0.25) is 4.48 Å². The fourth-order valence-electron chi connectivity index (χ4n) is 2.80. The number of alkyl halides is 3. The van der Waals surface area contributed by atoms with E-state index in [-0.39, 0.29) is 0 Å². The van der Waals surface area contributed by atoms with Crippen LogP contribution in [0.3, 0.4) is 0 Å². The third kappa shape index (κ3) is 3.01. The summed E-state index contributed by atoms with van der Waals surface area (Å²) in [5, 5.41) is 0.900. The monoisotopic (exact) mass is 353 g/mol. The first-order valence-electron chi connectivity index (χ1n) is 7.38. The molecular weight excluding hydrogens is 337 g/mol. The van der Waals surface area contributed by atoms with E-state index in [0.29, 0.717) is 20.4 Å². The number of para-hydroxylation sites is 1. The van der Waals surface area contributed by atoms with Crippen LogP contribution in [-0.4, -0.2) is 26.1 Å². The number of H-pyrrole nitrogens is 1. The highest BCUT2D eigenvalue weighted by Gasteiger charge is 2.32. The van der Waals surface area contributed by atoms with Crippen molar-refractivity contribution in [3.05, 3.63) is 53.2 Å². The molecule has 6 heteroatoms. The summed E-state index contributed by atoms with van der Waals surface area (Å²) in [5.74, 6) is 0. The summed E-state index contributed by atoms with van der Waals surface area (Å²) < 4.78 is 39.3. The Balaban J connectivity index is 2.23. The lowest BCUT2D eigenvalue weighted by Crippen LogP contribution is -2.35. The highest BCUT2D eigenvalue weighted by atomic mass is 35.5. The molecule has 24 heavy (non-hydrogen) atoms. The maximum absolute atomic E-state index is 12.9. The van der Waals surface area contributed by atoms with E-state index in [9.17, 15) is 13.2 Å². The van der Waals surface area contributed by atoms with Gasteiger partial charge in [0.05, 0.1) is 26.2 Å². The van der Waals surface area contributed by atoms with E-state index in [4.69, 9.17) is 11.6 Å². The molecule has 2 nitrogen and oxygen atoms in total. The second-order valence-corrected chi connectivity index (χ2v) is 7.04. The smallest absolute Gasteiger partial charge is 0.351 e. The lowest BCUT2D eigenvalue weighted by molar-refractivity contribution is -0.140. The van der Waals surface area contributed by atoms with Gasteiger partial charge >= 0.3 is 6.18 Å². The van der Waals surface area contributed by atoms with Crippen LogP contribution in [0, 0.1) is 0 Å². The summed E-state index contributed by atoms with van der Waals surface area (Å²) in [6.45, 7) is 0. The molecule has 0 spiro atoms. The minimum Gasteiger partial charge on any atom is -0.351 e. The highest BCUT2D eigenvalue weighted by molar-refractivity contribution is 6.34. The average molecular weight is 354 g/mol. The van der Waals surface area contributed by atoms with Crippen molar-refractivity contribution in [1.82, 2.24) is 9.47 Å². The molecule has 1 N–H and O–H groups in total. The van der Waals surface area contributed by atoms with Gasteiger partial charge in [0.1, 0.15) is 11.4 Å². The van der Waals surface area contributed by atoms with E-state index in [2.05, 4.69) is 4.98 Å². The maximum atomic E-state index is 12.9. The predicted molar refractivity (Wildman–Crippen MR) is 93.3 cm³/mol. The van der Waals surface area contributed by atoms with Crippen LogP contribution in [0.2, 0.25) is 5.02 Å². The number of hydrogen-bond donors (Lipinski definition) is 1. The van der Waals surface area contributed by atoms with E-state index in [1.165, 1.54) is 0 Å². The zero-order chi connectivity index (χ0) is 17.7. The maximum Gasteiger partial charge on any atom is 0.431 e.